The van der Waals surface area contributed by atoms with Gasteiger partial charge < -0.3 is 10.1 Å². The first-order valence-corrected chi connectivity index (χ1v) is 10.6. The Bertz CT molecular complexity index is 847. The number of hydrogen-bond donors (Lipinski definition) is 1. The lowest BCUT2D eigenvalue weighted by molar-refractivity contribution is -0.121. The Kier molecular flexibility index (Phi) is 5.27. The smallest absolute Gasteiger partial charge is 0.232 e. The van der Waals surface area contributed by atoms with Crippen LogP contribution in [0.2, 0.25) is 0 Å². The van der Waals surface area contributed by atoms with Crippen molar-refractivity contribution >= 4 is 29.0 Å². The molecule has 1 aliphatic heterocycles. The van der Waals surface area contributed by atoms with Gasteiger partial charge in [0.15, 0.2) is 0 Å². The number of fused-ring (bicyclic) bond motifs is 2. The van der Waals surface area contributed by atoms with Gasteiger partial charge >= 0.3 is 0 Å². The number of rotatable bonds is 6. The first-order valence-electron chi connectivity index (χ1n) is 8.56. The standard InChI is InChI=1S/C21H19NO2S2/c23-21(22-11-13-25-14-15-6-5-12-26-15)20-16-7-1-3-9-18(16)24-19-10-4-2-8-17(19)20/h1-10,12,20H,11,13-14H2,(H,22,23). The van der Waals surface area contributed by atoms with Crippen LogP contribution in [0, 0.1) is 0 Å². The van der Waals surface area contributed by atoms with Crippen LogP contribution in [0.5, 0.6) is 11.5 Å². The van der Waals surface area contributed by atoms with Gasteiger partial charge in [0.05, 0.1) is 5.92 Å². The summed E-state index contributed by atoms with van der Waals surface area (Å²) in [7, 11) is 0. The highest BCUT2D eigenvalue weighted by Crippen LogP contribution is 2.43. The topological polar surface area (TPSA) is 38.3 Å². The second-order valence-corrected chi connectivity index (χ2v) is 8.17. The van der Waals surface area contributed by atoms with E-state index in [0.29, 0.717) is 6.54 Å². The maximum Gasteiger partial charge on any atom is 0.232 e. The highest BCUT2D eigenvalue weighted by molar-refractivity contribution is 7.98. The van der Waals surface area contributed by atoms with E-state index in [-0.39, 0.29) is 11.8 Å². The van der Waals surface area contributed by atoms with Gasteiger partial charge in [0.2, 0.25) is 5.91 Å². The predicted octanol–water partition coefficient (Wildman–Crippen LogP) is 5.04. The zero-order valence-corrected chi connectivity index (χ0v) is 15.8. The van der Waals surface area contributed by atoms with E-state index in [2.05, 4.69) is 22.8 Å². The summed E-state index contributed by atoms with van der Waals surface area (Å²) < 4.78 is 5.96. The van der Waals surface area contributed by atoms with E-state index in [1.165, 1.54) is 4.88 Å². The summed E-state index contributed by atoms with van der Waals surface area (Å²) in [6, 6.07) is 19.8. The number of thioether (sulfide) groups is 1. The first-order chi connectivity index (χ1) is 12.8. The molecule has 1 aromatic heterocycles. The van der Waals surface area contributed by atoms with Crippen LogP contribution in [0.4, 0.5) is 0 Å². The number of thiophene rings is 1. The fraction of sp³-hybridized carbons (Fsp3) is 0.190. The Labute approximate surface area is 161 Å². The second kappa shape index (κ2) is 7.98. The fourth-order valence-corrected chi connectivity index (χ4v) is 4.81. The molecule has 3 nitrogen and oxygen atoms in total. The van der Waals surface area contributed by atoms with Gasteiger partial charge in [-0.25, -0.2) is 0 Å². The number of carbonyl (C=O) groups excluding carboxylic acids is 1. The number of amides is 1. The molecule has 5 heteroatoms. The zero-order chi connectivity index (χ0) is 17.8. The van der Waals surface area contributed by atoms with Crippen molar-refractivity contribution in [3.63, 3.8) is 0 Å². The Balaban J connectivity index is 1.42. The summed E-state index contributed by atoms with van der Waals surface area (Å²) in [6.45, 7) is 0.663. The quantitative estimate of drug-likeness (QED) is 0.608. The van der Waals surface area contributed by atoms with Gasteiger partial charge in [-0.2, -0.15) is 11.8 Å². The van der Waals surface area contributed by atoms with Crippen LogP contribution in [-0.2, 0) is 10.5 Å². The van der Waals surface area contributed by atoms with Crippen LogP contribution >= 0.6 is 23.1 Å². The summed E-state index contributed by atoms with van der Waals surface area (Å²) in [5, 5.41) is 5.20. The van der Waals surface area contributed by atoms with Gasteiger partial charge in [-0.1, -0.05) is 42.5 Å². The molecular formula is C21H19NO2S2. The molecule has 2 aromatic carbocycles. The van der Waals surface area contributed by atoms with Gasteiger partial charge in [0, 0.05) is 34.1 Å². The molecule has 0 bridgehead atoms. The lowest BCUT2D eigenvalue weighted by Crippen LogP contribution is -2.33. The molecule has 1 N–H and O–H groups in total. The highest BCUT2D eigenvalue weighted by Gasteiger charge is 2.31. The van der Waals surface area contributed by atoms with Gasteiger partial charge in [-0.15, -0.1) is 11.3 Å². The van der Waals surface area contributed by atoms with E-state index in [1.54, 1.807) is 11.3 Å². The summed E-state index contributed by atoms with van der Waals surface area (Å²) >= 11 is 3.61. The molecular weight excluding hydrogens is 362 g/mol. The van der Waals surface area contributed by atoms with E-state index < -0.39 is 0 Å². The minimum atomic E-state index is -0.321. The predicted molar refractivity (Wildman–Crippen MR) is 108 cm³/mol. The average Bonchev–Trinajstić information content (AvgIpc) is 3.19. The van der Waals surface area contributed by atoms with Crippen molar-refractivity contribution in [3.05, 3.63) is 82.0 Å². The van der Waals surface area contributed by atoms with E-state index in [4.69, 9.17) is 4.74 Å². The zero-order valence-electron chi connectivity index (χ0n) is 14.2. The van der Waals surface area contributed by atoms with Gasteiger partial charge in [-0.05, 0) is 23.6 Å². The molecule has 26 heavy (non-hydrogen) atoms. The lowest BCUT2D eigenvalue weighted by atomic mass is 9.87. The molecule has 0 saturated heterocycles. The Morgan fingerprint density at radius 1 is 1.00 bits per heavy atom. The fourth-order valence-electron chi connectivity index (χ4n) is 3.11. The normalized spacial score (nSPS) is 12.8. The molecule has 0 fully saturated rings. The monoisotopic (exact) mass is 381 g/mol. The molecule has 2 heterocycles. The number of hydrogen-bond acceptors (Lipinski definition) is 4. The second-order valence-electron chi connectivity index (χ2n) is 6.03. The molecule has 0 saturated carbocycles. The Morgan fingerprint density at radius 2 is 1.69 bits per heavy atom. The summed E-state index contributed by atoms with van der Waals surface area (Å²) in [5.74, 6) is 3.13. The van der Waals surface area contributed by atoms with Gasteiger partial charge in [0.1, 0.15) is 11.5 Å². The lowest BCUT2D eigenvalue weighted by Gasteiger charge is -2.27. The van der Waals surface area contributed by atoms with Crippen molar-refractivity contribution in [2.45, 2.75) is 11.7 Å². The van der Waals surface area contributed by atoms with Crippen molar-refractivity contribution in [2.75, 3.05) is 12.3 Å². The average molecular weight is 382 g/mol. The number of para-hydroxylation sites is 2. The summed E-state index contributed by atoms with van der Waals surface area (Å²) in [4.78, 5) is 14.3. The van der Waals surface area contributed by atoms with Crippen LogP contribution in [0.1, 0.15) is 21.9 Å². The van der Waals surface area contributed by atoms with Crippen LogP contribution in [0.25, 0.3) is 0 Å². The van der Waals surface area contributed by atoms with Crippen molar-refractivity contribution in [3.8, 4) is 11.5 Å². The Hall–Kier alpha value is -2.24. The number of ether oxygens (including phenoxy) is 1. The molecule has 1 amide bonds. The molecule has 132 valence electrons. The Morgan fingerprint density at radius 3 is 2.35 bits per heavy atom. The largest absolute Gasteiger partial charge is 0.457 e. The third-order valence-electron chi connectivity index (χ3n) is 4.31. The van der Waals surface area contributed by atoms with Crippen molar-refractivity contribution in [2.24, 2.45) is 0 Å². The molecule has 1 aliphatic rings. The van der Waals surface area contributed by atoms with Crippen molar-refractivity contribution in [1.29, 1.82) is 0 Å². The van der Waals surface area contributed by atoms with E-state index in [9.17, 15) is 4.79 Å². The van der Waals surface area contributed by atoms with Crippen LogP contribution in [0.3, 0.4) is 0 Å². The molecule has 4 rings (SSSR count). The number of nitrogens with one attached hydrogen (secondary N) is 1. The third-order valence-corrected chi connectivity index (χ3v) is 6.38. The molecule has 0 unspecified atom stereocenters. The molecule has 0 aliphatic carbocycles. The van der Waals surface area contributed by atoms with Crippen LogP contribution in [0.15, 0.2) is 66.0 Å². The minimum absolute atomic E-state index is 0.0323. The van der Waals surface area contributed by atoms with E-state index in [1.807, 2.05) is 60.3 Å². The summed E-state index contributed by atoms with van der Waals surface area (Å²) in [6.07, 6.45) is 0. The van der Waals surface area contributed by atoms with Crippen LogP contribution in [-0.4, -0.2) is 18.2 Å². The maximum absolute atomic E-state index is 12.9. The first kappa shape index (κ1) is 17.2. The maximum atomic E-state index is 12.9. The molecule has 0 radical (unpaired) electrons. The summed E-state index contributed by atoms with van der Waals surface area (Å²) in [5.41, 5.74) is 1.85. The SMILES string of the molecule is O=C(NCCSCc1cccs1)C1c2ccccc2Oc2ccccc21. The third kappa shape index (κ3) is 3.64. The van der Waals surface area contributed by atoms with Gasteiger partial charge in [0.25, 0.3) is 0 Å². The van der Waals surface area contributed by atoms with E-state index >= 15 is 0 Å². The van der Waals surface area contributed by atoms with E-state index in [0.717, 1.165) is 34.1 Å². The minimum Gasteiger partial charge on any atom is -0.457 e. The number of benzene rings is 2. The highest BCUT2D eigenvalue weighted by atomic mass is 32.2. The molecule has 0 spiro atoms. The molecule has 3 aromatic rings. The van der Waals surface area contributed by atoms with Gasteiger partial charge in [-0.3, -0.25) is 4.79 Å². The van der Waals surface area contributed by atoms with Crippen molar-refractivity contribution < 1.29 is 9.53 Å². The van der Waals surface area contributed by atoms with Crippen molar-refractivity contribution in [1.82, 2.24) is 5.32 Å². The van der Waals surface area contributed by atoms with Crippen LogP contribution < -0.4 is 10.1 Å². The molecule has 0 atom stereocenters. The number of carbonyl (C=O) groups is 1.